The van der Waals surface area contributed by atoms with Crippen molar-refractivity contribution in [3.8, 4) is 5.75 Å². The molecule has 0 radical (unpaired) electrons. The van der Waals surface area contributed by atoms with Crippen LogP contribution in [0, 0.1) is 13.8 Å². The Kier molecular flexibility index (Phi) is 4.59. The van der Waals surface area contributed by atoms with Crippen molar-refractivity contribution in [2.24, 2.45) is 0 Å². The number of carbonyl (C=O) groups excluding carboxylic acids is 1. The van der Waals surface area contributed by atoms with Crippen LogP contribution in [0.3, 0.4) is 0 Å². The summed E-state index contributed by atoms with van der Waals surface area (Å²) < 4.78 is 6.80. The second-order valence-corrected chi connectivity index (χ2v) is 6.24. The predicted molar refractivity (Wildman–Crippen MR) is 91.6 cm³/mol. The van der Waals surface area contributed by atoms with Gasteiger partial charge in [0.15, 0.2) is 5.69 Å². The van der Waals surface area contributed by atoms with E-state index in [1.54, 1.807) is 6.92 Å². The second-order valence-electron chi connectivity index (χ2n) is 6.24. The number of amides is 1. The van der Waals surface area contributed by atoms with Gasteiger partial charge in [-0.15, -0.1) is 0 Å². The van der Waals surface area contributed by atoms with Crippen molar-refractivity contribution in [2.75, 3.05) is 6.61 Å². The van der Waals surface area contributed by atoms with E-state index in [4.69, 9.17) is 4.74 Å². The number of rotatable bonds is 3. The van der Waals surface area contributed by atoms with E-state index in [9.17, 15) is 14.7 Å². The molecule has 0 spiro atoms. The summed E-state index contributed by atoms with van der Waals surface area (Å²) in [6, 6.07) is 5.89. The zero-order valence-corrected chi connectivity index (χ0v) is 14.5. The van der Waals surface area contributed by atoms with Gasteiger partial charge in [0.05, 0.1) is 13.2 Å². The maximum Gasteiger partial charge on any atom is 0.296 e. The molecule has 132 valence electrons. The van der Waals surface area contributed by atoms with Crippen LogP contribution in [0.2, 0.25) is 0 Å². The third-order valence-corrected chi connectivity index (χ3v) is 4.46. The first kappa shape index (κ1) is 17.2. The summed E-state index contributed by atoms with van der Waals surface area (Å²) in [6.45, 7) is 6.73. The first-order valence-corrected chi connectivity index (χ1v) is 8.18. The SMILES string of the molecule is Cc1ccc(CNC(=O)c2nc3n(c(=O)c2O)CCOC3C)cc1C. The Morgan fingerprint density at radius 3 is 2.88 bits per heavy atom. The Hall–Kier alpha value is -2.67. The fraction of sp³-hybridized carbons (Fsp3) is 0.389. The van der Waals surface area contributed by atoms with Crippen LogP contribution in [0.25, 0.3) is 0 Å². The van der Waals surface area contributed by atoms with Gasteiger partial charge >= 0.3 is 0 Å². The minimum Gasteiger partial charge on any atom is -0.501 e. The van der Waals surface area contributed by atoms with Gasteiger partial charge in [0, 0.05) is 6.54 Å². The number of aryl methyl sites for hydroxylation is 2. The molecule has 0 fully saturated rings. The molecular weight excluding hydrogens is 322 g/mol. The molecule has 1 aliphatic heterocycles. The van der Waals surface area contributed by atoms with Crippen LogP contribution in [-0.4, -0.2) is 27.2 Å². The van der Waals surface area contributed by atoms with Crippen LogP contribution < -0.4 is 10.9 Å². The average Bonchev–Trinajstić information content (AvgIpc) is 2.59. The van der Waals surface area contributed by atoms with Gasteiger partial charge in [0.2, 0.25) is 5.75 Å². The highest BCUT2D eigenvalue weighted by atomic mass is 16.5. The number of aromatic nitrogens is 2. The summed E-state index contributed by atoms with van der Waals surface area (Å²) in [6.07, 6.45) is -0.409. The van der Waals surface area contributed by atoms with E-state index in [0.29, 0.717) is 19.0 Å². The highest BCUT2D eigenvalue weighted by Crippen LogP contribution is 2.21. The van der Waals surface area contributed by atoms with Gasteiger partial charge in [-0.1, -0.05) is 18.2 Å². The summed E-state index contributed by atoms with van der Waals surface area (Å²) in [5, 5.41) is 12.8. The molecule has 7 heteroatoms. The summed E-state index contributed by atoms with van der Waals surface area (Å²) >= 11 is 0. The number of benzene rings is 1. The number of aromatic hydroxyl groups is 1. The number of hydrogen-bond acceptors (Lipinski definition) is 5. The van der Waals surface area contributed by atoms with Crippen LogP contribution in [0.1, 0.15) is 46.0 Å². The Balaban J connectivity index is 1.84. The number of fused-ring (bicyclic) bond motifs is 1. The lowest BCUT2D eigenvalue weighted by molar-refractivity contribution is 0.0256. The van der Waals surface area contributed by atoms with Crippen molar-refractivity contribution in [1.29, 1.82) is 0 Å². The molecule has 2 heterocycles. The summed E-state index contributed by atoms with van der Waals surface area (Å²) in [4.78, 5) is 28.9. The average molecular weight is 343 g/mol. The van der Waals surface area contributed by atoms with Crippen molar-refractivity contribution < 1.29 is 14.6 Å². The fourth-order valence-electron chi connectivity index (χ4n) is 2.82. The van der Waals surface area contributed by atoms with Gasteiger partial charge in [-0.2, -0.15) is 0 Å². The van der Waals surface area contributed by atoms with Crippen LogP contribution in [0.15, 0.2) is 23.0 Å². The van der Waals surface area contributed by atoms with Gasteiger partial charge in [-0.05, 0) is 37.5 Å². The van der Waals surface area contributed by atoms with E-state index in [2.05, 4.69) is 10.3 Å². The zero-order valence-electron chi connectivity index (χ0n) is 14.5. The molecule has 0 saturated heterocycles. The molecule has 1 aromatic heterocycles. The Morgan fingerprint density at radius 1 is 1.40 bits per heavy atom. The van der Waals surface area contributed by atoms with Gasteiger partial charge in [0.1, 0.15) is 11.9 Å². The molecule has 7 nitrogen and oxygen atoms in total. The van der Waals surface area contributed by atoms with E-state index in [0.717, 1.165) is 11.1 Å². The molecule has 2 aromatic rings. The molecule has 25 heavy (non-hydrogen) atoms. The van der Waals surface area contributed by atoms with Gasteiger partial charge in [-0.3, -0.25) is 14.2 Å². The lowest BCUT2D eigenvalue weighted by atomic mass is 10.1. The molecule has 2 N–H and O–H groups in total. The summed E-state index contributed by atoms with van der Waals surface area (Å²) in [5.41, 5.74) is 2.35. The van der Waals surface area contributed by atoms with Crippen molar-refractivity contribution >= 4 is 5.91 Å². The van der Waals surface area contributed by atoms with Crippen LogP contribution >= 0.6 is 0 Å². The monoisotopic (exact) mass is 343 g/mol. The molecule has 1 unspecified atom stereocenters. The second kappa shape index (κ2) is 6.68. The molecule has 1 aromatic carbocycles. The minimum absolute atomic E-state index is 0.266. The normalized spacial score (nSPS) is 16.4. The molecule has 1 atom stereocenters. The lowest BCUT2D eigenvalue weighted by Gasteiger charge is -2.24. The molecular formula is C18H21N3O4. The van der Waals surface area contributed by atoms with Gasteiger partial charge < -0.3 is 15.2 Å². The molecule has 1 amide bonds. The quantitative estimate of drug-likeness (QED) is 0.883. The Bertz CT molecular complexity index is 889. The van der Waals surface area contributed by atoms with Crippen LogP contribution in [0.5, 0.6) is 5.75 Å². The number of carbonyl (C=O) groups is 1. The fourth-order valence-corrected chi connectivity index (χ4v) is 2.82. The number of hydrogen-bond donors (Lipinski definition) is 2. The third kappa shape index (κ3) is 3.28. The van der Waals surface area contributed by atoms with Gasteiger partial charge in [0.25, 0.3) is 11.5 Å². The maximum atomic E-state index is 12.4. The highest BCUT2D eigenvalue weighted by molar-refractivity contribution is 5.94. The summed E-state index contributed by atoms with van der Waals surface area (Å²) in [7, 11) is 0. The van der Waals surface area contributed by atoms with E-state index < -0.39 is 23.3 Å². The number of nitrogens with zero attached hydrogens (tertiary/aromatic N) is 2. The van der Waals surface area contributed by atoms with E-state index in [1.807, 2.05) is 32.0 Å². The smallest absolute Gasteiger partial charge is 0.296 e. The molecule has 0 bridgehead atoms. The van der Waals surface area contributed by atoms with Crippen LogP contribution in [0.4, 0.5) is 0 Å². The summed E-state index contributed by atoms with van der Waals surface area (Å²) in [5.74, 6) is -0.866. The van der Waals surface area contributed by atoms with E-state index in [-0.39, 0.29) is 12.2 Å². The van der Waals surface area contributed by atoms with Crippen molar-refractivity contribution in [1.82, 2.24) is 14.9 Å². The topological polar surface area (TPSA) is 93.5 Å². The molecule has 3 rings (SSSR count). The van der Waals surface area contributed by atoms with Crippen LogP contribution in [-0.2, 0) is 17.8 Å². The Labute approximate surface area is 145 Å². The maximum absolute atomic E-state index is 12.4. The molecule has 1 aliphatic rings. The van der Waals surface area contributed by atoms with Crippen molar-refractivity contribution in [3.63, 3.8) is 0 Å². The third-order valence-electron chi connectivity index (χ3n) is 4.46. The minimum atomic E-state index is -0.629. The van der Waals surface area contributed by atoms with Crippen molar-refractivity contribution in [2.45, 2.75) is 40.0 Å². The zero-order chi connectivity index (χ0) is 18.1. The number of ether oxygens (including phenoxy) is 1. The predicted octanol–water partition coefficient (Wildman–Crippen LogP) is 1.59. The standard InChI is InChI=1S/C18H21N3O4/c1-10-4-5-13(8-11(10)2)9-19-17(23)14-15(22)18(24)21-6-7-25-12(3)16(21)20-14/h4-5,8,12,22H,6-7,9H2,1-3H3,(H,19,23). The first-order chi connectivity index (χ1) is 11.9. The van der Waals surface area contributed by atoms with Gasteiger partial charge in [-0.25, -0.2) is 4.98 Å². The first-order valence-electron chi connectivity index (χ1n) is 8.18. The van der Waals surface area contributed by atoms with Crippen molar-refractivity contribution in [3.05, 3.63) is 56.8 Å². The largest absolute Gasteiger partial charge is 0.501 e. The van der Waals surface area contributed by atoms with E-state index >= 15 is 0 Å². The lowest BCUT2D eigenvalue weighted by Crippen LogP contribution is -2.35. The van der Waals surface area contributed by atoms with E-state index in [1.165, 1.54) is 10.1 Å². The highest BCUT2D eigenvalue weighted by Gasteiger charge is 2.26. The molecule has 0 aliphatic carbocycles. The Morgan fingerprint density at radius 2 is 2.16 bits per heavy atom. The molecule has 0 saturated carbocycles. The number of nitrogens with one attached hydrogen (secondary N) is 1.